The van der Waals surface area contributed by atoms with Crippen molar-refractivity contribution in [3.05, 3.63) is 35.9 Å². The third-order valence-electron chi connectivity index (χ3n) is 3.54. The highest BCUT2D eigenvalue weighted by atomic mass is 16.6. The molecule has 28 heavy (non-hydrogen) atoms. The second-order valence-corrected chi connectivity index (χ2v) is 5.96. The van der Waals surface area contributed by atoms with Gasteiger partial charge < -0.3 is 28.4 Å². The molecular formula is C21H34O7. The predicted octanol–water partition coefficient (Wildman–Crippen LogP) is 2.61. The van der Waals surface area contributed by atoms with Gasteiger partial charge in [-0.15, -0.1) is 0 Å². The van der Waals surface area contributed by atoms with Crippen LogP contribution in [0.3, 0.4) is 0 Å². The number of hydrogen-bond acceptors (Lipinski definition) is 7. The van der Waals surface area contributed by atoms with Crippen LogP contribution in [-0.4, -0.2) is 72.0 Å². The van der Waals surface area contributed by atoms with Crippen molar-refractivity contribution in [2.45, 2.75) is 26.4 Å². The first-order valence-electron chi connectivity index (χ1n) is 9.91. The van der Waals surface area contributed by atoms with Gasteiger partial charge in [0.25, 0.3) is 0 Å². The Balaban J connectivity index is 1.70. The first-order chi connectivity index (χ1) is 13.8. The Labute approximate surface area is 168 Å². The molecule has 7 heteroatoms. The van der Waals surface area contributed by atoms with Crippen LogP contribution in [0.15, 0.2) is 30.3 Å². The van der Waals surface area contributed by atoms with Crippen molar-refractivity contribution in [1.82, 2.24) is 0 Å². The standard InChI is InChI=1S/C21H34O7/c1-2-6-21(22)28-18-17-26-14-13-24-10-9-23-11-12-25-15-16-27-19-20-7-4-3-5-8-20/h3-5,7-8H,2,6,9-19H2,1H3. The molecule has 7 nitrogen and oxygen atoms in total. The number of esters is 1. The van der Waals surface area contributed by atoms with E-state index in [4.69, 9.17) is 28.4 Å². The van der Waals surface area contributed by atoms with Crippen LogP contribution in [0, 0.1) is 0 Å². The lowest BCUT2D eigenvalue weighted by Crippen LogP contribution is -2.14. The van der Waals surface area contributed by atoms with Crippen LogP contribution in [0.4, 0.5) is 0 Å². The van der Waals surface area contributed by atoms with E-state index in [1.54, 1.807) is 0 Å². The molecule has 0 aliphatic rings. The van der Waals surface area contributed by atoms with Gasteiger partial charge in [-0.05, 0) is 12.0 Å². The van der Waals surface area contributed by atoms with Gasteiger partial charge in [-0.3, -0.25) is 4.79 Å². The molecule has 0 aliphatic carbocycles. The normalized spacial score (nSPS) is 10.9. The molecule has 0 aromatic heterocycles. The van der Waals surface area contributed by atoms with E-state index >= 15 is 0 Å². The Morgan fingerprint density at radius 3 is 1.64 bits per heavy atom. The van der Waals surface area contributed by atoms with E-state index in [0.29, 0.717) is 79.1 Å². The molecule has 0 saturated carbocycles. The summed E-state index contributed by atoms with van der Waals surface area (Å²) in [5, 5.41) is 0. The van der Waals surface area contributed by atoms with Gasteiger partial charge in [0, 0.05) is 6.42 Å². The smallest absolute Gasteiger partial charge is 0.305 e. The topological polar surface area (TPSA) is 72.5 Å². The van der Waals surface area contributed by atoms with Crippen LogP contribution >= 0.6 is 0 Å². The highest BCUT2D eigenvalue weighted by Gasteiger charge is 1.99. The monoisotopic (exact) mass is 398 g/mol. The number of rotatable bonds is 19. The van der Waals surface area contributed by atoms with E-state index in [0.717, 1.165) is 12.0 Å². The molecule has 160 valence electrons. The van der Waals surface area contributed by atoms with Crippen molar-refractivity contribution in [1.29, 1.82) is 0 Å². The summed E-state index contributed by atoms with van der Waals surface area (Å²) in [6, 6.07) is 10.1. The van der Waals surface area contributed by atoms with E-state index in [-0.39, 0.29) is 5.97 Å². The van der Waals surface area contributed by atoms with Gasteiger partial charge in [0.1, 0.15) is 6.61 Å². The maximum absolute atomic E-state index is 11.1. The lowest BCUT2D eigenvalue weighted by atomic mass is 10.2. The lowest BCUT2D eigenvalue weighted by molar-refractivity contribution is -0.145. The molecule has 1 aromatic carbocycles. The van der Waals surface area contributed by atoms with Crippen molar-refractivity contribution in [2.75, 3.05) is 66.1 Å². The molecule has 0 heterocycles. The Kier molecular flexibility index (Phi) is 16.5. The zero-order chi connectivity index (χ0) is 20.1. The molecule has 0 aliphatic heterocycles. The lowest BCUT2D eigenvalue weighted by Gasteiger charge is -2.08. The fourth-order valence-electron chi connectivity index (χ4n) is 2.13. The molecule has 0 unspecified atom stereocenters. The minimum absolute atomic E-state index is 0.178. The van der Waals surface area contributed by atoms with E-state index < -0.39 is 0 Å². The Morgan fingerprint density at radius 1 is 0.679 bits per heavy atom. The molecule has 0 bridgehead atoms. The van der Waals surface area contributed by atoms with Gasteiger partial charge in [-0.2, -0.15) is 0 Å². The molecule has 1 aromatic rings. The number of ether oxygens (including phenoxy) is 6. The van der Waals surface area contributed by atoms with Gasteiger partial charge in [-0.25, -0.2) is 0 Å². The molecule has 0 N–H and O–H groups in total. The summed E-state index contributed by atoms with van der Waals surface area (Å²) in [6.45, 7) is 7.39. The highest BCUT2D eigenvalue weighted by molar-refractivity contribution is 5.69. The van der Waals surface area contributed by atoms with E-state index in [1.165, 1.54) is 0 Å². The Hall–Kier alpha value is -1.51. The number of carbonyl (C=O) groups is 1. The van der Waals surface area contributed by atoms with Crippen LogP contribution < -0.4 is 0 Å². The Bertz CT molecular complexity index is 467. The molecule has 0 radical (unpaired) electrons. The minimum Gasteiger partial charge on any atom is -0.463 e. The van der Waals surface area contributed by atoms with Crippen molar-refractivity contribution in [2.24, 2.45) is 0 Å². The molecule has 0 spiro atoms. The molecular weight excluding hydrogens is 364 g/mol. The highest BCUT2D eigenvalue weighted by Crippen LogP contribution is 2.00. The van der Waals surface area contributed by atoms with Crippen molar-refractivity contribution in [3.63, 3.8) is 0 Å². The van der Waals surface area contributed by atoms with Crippen LogP contribution in [0.5, 0.6) is 0 Å². The van der Waals surface area contributed by atoms with Gasteiger partial charge in [-0.1, -0.05) is 37.3 Å². The summed E-state index contributed by atoms with van der Waals surface area (Å²) in [5.74, 6) is -0.178. The molecule has 0 saturated heterocycles. The SMILES string of the molecule is CCCC(=O)OCCOCCOCCOCCOCCOCc1ccccc1. The van der Waals surface area contributed by atoms with Crippen LogP contribution in [-0.2, 0) is 39.8 Å². The largest absolute Gasteiger partial charge is 0.463 e. The third-order valence-corrected chi connectivity index (χ3v) is 3.54. The summed E-state index contributed by atoms with van der Waals surface area (Å²) in [7, 11) is 0. The zero-order valence-electron chi connectivity index (χ0n) is 16.9. The van der Waals surface area contributed by atoms with Crippen LogP contribution in [0.1, 0.15) is 25.3 Å². The van der Waals surface area contributed by atoms with Gasteiger partial charge >= 0.3 is 5.97 Å². The van der Waals surface area contributed by atoms with Crippen molar-refractivity contribution < 1.29 is 33.2 Å². The molecule has 0 amide bonds. The summed E-state index contributed by atoms with van der Waals surface area (Å²) >= 11 is 0. The maximum Gasteiger partial charge on any atom is 0.305 e. The molecule has 0 atom stereocenters. The zero-order valence-corrected chi connectivity index (χ0v) is 16.9. The number of carbonyl (C=O) groups excluding carboxylic acids is 1. The maximum atomic E-state index is 11.1. The summed E-state index contributed by atoms with van der Waals surface area (Å²) in [4.78, 5) is 11.1. The van der Waals surface area contributed by atoms with Gasteiger partial charge in [0.05, 0.1) is 66.1 Å². The van der Waals surface area contributed by atoms with Crippen LogP contribution in [0.25, 0.3) is 0 Å². The average molecular weight is 398 g/mol. The van der Waals surface area contributed by atoms with Crippen molar-refractivity contribution >= 4 is 5.97 Å². The predicted molar refractivity (Wildman–Crippen MR) is 105 cm³/mol. The van der Waals surface area contributed by atoms with Gasteiger partial charge in [0.2, 0.25) is 0 Å². The fourth-order valence-corrected chi connectivity index (χ4v) is 2.13. The second kappa shape index (κ2) is 18.8. The fraction of sp³-hybridized carbons (Fsp3) is 0.667. The number of hydrogen-bond donors (Lipinski definition) is 0. The number of benzene rings is 1. The van der Waals surface area contributed by atoms with Gasteiger partial charge in [0.15, 0.2) is 0 Å². The molecule has 1 rings (SSSR count). The van der Waals surface area contributed by atoms with E-state index in [9.17, 15) is 4.79 Å². The van der Waals surface area contributed by atoms with E-state index in [1.807, 2.05) is 37.3 Å². The first-order valence-corrected chi connectivity index (χ1v) is 9.91. The first kappa shape index (κ1) is 24.5. The molecule has 0 fully saturated rings. The second-order valence-electron chi connectivity index (χ2n) is 5.96. The van der Waals surface area contributed by atoms with E-state index in [2.05, 4.69) is 0 Å². The quantitative estimate of drug-likeness (QED) is 0.262. The Morgan fingerprint density at radius 2 is 1.14 bits per heavy atom. The summed E-state index contributed by atoms with van der Waals surface area (Å²) < 4.78 is 32.0. The van der Waals surface area contributed by atoms with Crippen molar-refractivity contribution in [3.8, 4) is 0 Å². The minimum atomic E-state index is -0.178. The summed E-state index contributed by atoms with van der Waals surface area (Å²) in [5.41, 5.74) is 1.16. The summed E-state index contributed by atoms with van der Waals surface area (Å²) in [6.07, 6.45) is 1.25. The van der Waals surface area contributed by atoms with Crippen LogP contribution in [0.2, 0.25) is 0 Å². The average Bonchev–Trinajstić information content (AvgIpc) is 2.71. The third kappa shape index (κ3) is 15.5.